The maximum atomic E-state index is 13.0. The summed E-state index contributed by atoms with van der Waals surface area (Å²) in [6.07, 6.45) is 1.90. The smallest absolute Gasteiger partial charge is 0.317 e. The van der Waals surface area contributed by atoms with Gasteiger partial charge in [0.05, 0.1) is 5.69 Å². The molecule has 0 bridgehead atoms. The van der Waals surface area contributed by atoms with Gasteiger partial charge in [0.1, 0.15) is 16.7 Å². The maximum absolute atomic E-state index is 13.0. The Labute approximate surface area is 160 Å². The lowest BCUT2D eigenvalue weighted by atomic mass is 10.1. The first-order chi connectivity index (χ1) is 13.0. The minimum atomic E-state index is -0.955. The zero-order valence-electron chi connectivity index (χ0n) is 14.6. The monoisotopic (exact) mass is 382 g/mol. The lowest BCUT2D eigenvalue weighted by Gasteiger charge is -2.19. The molecule has 0 aliphatic carbocycles. The van der Waals surface area contributed by atoms with Crippen molar-refractivity contribution < 1.29 is 19.8 Å². The van der Waals surface area contributed by atoms with Gasteiger partial charge in [0.2, 0.25) is 0 Å². The number of carbonyl (C=O) groups is 2. The molecule has 2 N–H and O–H groups in total. The van der Waals surface area contributed by atoms with Crippen LogP contribution in [0.4, 0.5) is 5.69 Å². The van der Waals surface area contributed by atoms with Gasteiger partial charge >= 0.3 is 5.97 Å². The number of para-hydroxylation sites is 2. The minimum Gasteiger partial charge on any atom is -0.507 e. The molecule has 0 radical (unpaired) electrons. The molecule has 6 nitrogen and oxygen atoms in total. The number of aromatic hydroxyl groups is 1. The number of carboxylic acid groups (broad SMARTS) is 1. The summed E-state index contributed by atoms with van der Waals surface area (Å²) in [7, 11) is 0. The van der Waals surface area contributed by atoms with Crippen molar-refractivity contribution in [1.82, 2.24) is 0 Å². The molecule has 1 atom stereocenters. The number of phenols is 1. The van der Waals surface area contributed by atoms with E-state index in [2.05, 4.69) is 4.99 Å². The molecule has 3 rings (SSSR count). The summed E-state index contributed by atoms with van der Waals surface area (Å²) in [5.74, 6) is -1.28. The molecule has 1 aliphatic heterocycles. The number of hydrogen-bond acceptors (Lipinski definition) is 5. The van der Waals surface area contributed by atoms with Crippen molar-refractivity contribution in [3.63, 3.8) is 0 Å². The molecule has 1 unspecified atom stereocenters. The highest BCUT2D eigenvalue weighted by Crippen LogP contribution is 2.32. The zero-order valence-corrected chi connectivity index (χ0v) is 15.4. The molecule has 0 saturated heterocycles. The molecule has 1 amide bonds. The molecule has 2 aromatic carbocycles. The van der Waals surface area contributed by atoms with E-state index in [1.165, 1.54) is 17.0 Å². The highest BCUT2D eigenvalue weighted by Gasteiger charge is 2.34. The number of carbonyl (C=O) groups excluding carboxylic acids is 1. The topological polar surface area (TPSA) is 90.2 Å². The zero-order chi connectivity index (χ0) is 19.4. The van der Waals surface area contributed by atoms with Gasteiger partial charge < -0.3 is 10.2 Å². The summed E-state index contributed by atoms with van der Waals surface area (Å²) in [6.45, 7) is 1.77. The summed E-state index contributed by atoms with van der Waals surface area (Å²) in [4.78, 5) is 30.2. The van der Waals surface area contributed by atoms with Gasteiger partial charge in [-0.15, -0.1) is 0 Å². The first-order valence-electron chi connectivity index (χ1n) is 8.38. The van der Waals surface area contributed by atoms with E-state index in [0.29, 0.717) is 22.8 Å². The number of amidine groups is 1. The summed E-state index contributed by atoms with van der Waals surface area (Å²) in [5, 5.41) is 18.9. The van der Waals surface area contributed by atoms with E-state index in [1.807, 2.05) is 6.07 Å². The van der Waals surface area contributed by atoms with Crippen LogP contribution in [0, 0.1) is 0 Å². The molecule has 1 aliphatic rings. The van der Waals surface area contributed by atoms with Crippen molar-refractivity contribution in [2.45, 2.75) is 18.6 Å². The molecule has 138 valence electrons. The molecule has 0 saturated carbocycles. The lowest BCUT2D eigenvalue weighted by molar-refractivity contribution is -0.136. The molecule has 0 aromatic heterocycles. The molecular formula is C20H18N2O4S. The number of aliphatic carboxylic acids is 1. The average Bonchev–Trinajstić information content (AvgIpc) is 2.97. The molecule has 0 fully saturated rings. The van der Waals surface area contributed by atoms with Gasteiger partial charge in [-0.25, -0.2) is 4.99 Å². The van der Waals surface area contributed by atoms with Crippen LogP contribution in [0.5, 0.6) is 5.75 Å². The van der Waals surface area contributed by atoms with Crippen molar-refractivity contribution in [2.75, 3.05) is 4.90 Å². The number of anilines is 1. The number of nitrogens with zero attached hydrogens (tertiary/aromatic N) is 2. The van der Waals surface area contributed by atoms with Crippen molar-refractivity contribution >= 4 is 40.6 Å². The Balaban J connectivity index is 2.03. The second-order valence-electron chi connectivity index (χ2n) is 5.81. The average molecular weight is 382 g/mol. The highest BCUT2D eigenvalue weighted by atomic mass is 32.2. The normalized spacial score (nSPS) is 16.5. The third-order valence-electron chi connectivity index (χ3n) is 3.97. The predicted octanol–water partition coefficient (Wildman–Crippen LogP) is 3.73. The van der Waals surface area contributed by atoms with Crippen LogP contribution in [0.1, 0.15) is 18.9 Å². The third kappa shape index (κ3) is 4.03. The fourth-order valence-corrected chi connectivity index (χ4v) is 3.54. The number of phenolic OH excluding ortho intramolecular Hbond substituents is 1. The number of carboxylic acids is 1. The van der Waals surface area contributed by atoms with Crippen LogP contribution in [0.2, 0.25) is 0 Å². The number of aliphatic imine (C=N–C) groups is 1. The van der Waals surface area contributed by atoms with E-state index < -0.39 is 11.2 Å². The number of benzene rings is 2. The summed E-state index contributed by atoms with van der Waals surface area (Å²) >= 11 is 1.04. The van der Waals surface area contributed by atoms with Gasteiger partial charge in [-0.3, -0.25) is 14.5 Å². The Morgan fingerprint density at radius 1 is 1.19 bits per heavy atom. The van der Waals surface area contributed by atoms with E-state index in [0.717, 1.165) is 11.8 Å². The number of hydrogen-bond donors (Lipinski definition) is 2. The summed E-state index contributed by atoms with van der Waals surface area (Å²) in [6, 6.07) is 15.6. The second-order valence-corrected chi connectivity index (χ2v) is 6.98. The van der Waals surface area contributed by atoms with Gasteiger partial charge in [0, 0.05) is 5.56 Å². The first kappa shape index (κ1) is 18.7. The quantitative estimate of drug-likeness (QED) is 0.769. The number of amides is 1. The fourth-order valence-electron chi connectivity index (χ4n) is 2.57. The molecule has 1 heterocycles. The SMILES string of the molecule is CCC(SC1=N/C(=C/c2ccccc2O)C(=O)N1c1ccccc1)C(=O)O. The van der Waals surface area contributed by atoms with Gasteiger partial charge in [0.25, 0.3) is 5.91 Å². The van der Waals surface area contributed by atoms with Crippen LogP contribution in [-0.2, 0) is 9.59 Å². The van der Waals surface area contributed by atoms with Gasteiger partial charge in [-0.2, -0.15) is 0 Å². The minimum absolute atomic E-state index is 0.0392. The summed E-state index contributed by atoms with van der Waals surface area (Å²) < 4.78 is 0. The Kier molecular flexibility index (Phi) is 5.61. The molecule has 2 aromatic rings. The number of rotatable bonds is 5. The largest absolute Gasteiger partial charge is 0.507 e. The van der Waals surface area contributed by atoms with Crippen LogP contribution in [0.15, 0.2) is 65.3 Å². The first-order valence-corrected chi connectivity index (χ1v) is 9.26. The standard InChI is InChI=1S/C20H18N2O4S/c1-2-17(19(25)26)27-20-21-15(12-13-8-6-7-11-16(13)23)18(24)22(20)14-9-4-3-5-10-14/h3-12,17,23H,2H2,1H3,(H,25,26)/b15-12+. The van der Waals surface area contributed by atoms with E-state index in [1.54, 1.807) is 49.4 Å². The summed E-state index contributed by atoms with van der Waals surface area (Å²) in [5.41, 5.74) is 1.21. The predicted molar refractivity (Wildman–Crippen MR) is 107 cm³/mol. The Morgan fingerprint density at radius 3 is 2.48 bits per heavy atom. The van der Waals surface area contributed by atoms with Crippen molar-refractivity contribution in [1.29, 1.82) is 0 Å². The van der Waals surface area contributed by atoms with Crippen LogP contribution < -0.4 is 4.90 Å². The van der Waals surface area contributed by atoms with E-state index in [-0.39, 0.29) is 17.4 Å². The third-order valence-corrected chi connectivity index (χ3v) is 5.27. The van der Waals surface area contributed by atoms with Crippen LogP contribution in [0.3, 0.4) is 0 Å². The maximum Gasteiger partial charge on any atom is 0.317 e. The van der Waals surface area contributed by atoms with E-state index in [4.69, 9.17) is 0 Å². The Bertz CT molecular complexity index is 925. The number of thioether (sulfide) groups is 1. The fraction of sp³-hybridized carbons (Fsp3) is 0.150. The molecule has 7 heteroatoms. The van der Waals surface area contributed by atoms with Crippen LogP contribution >= 0.6 is 11.8 Å². The van der Waals surface area contributed by atoms with Crippen LogP contribution in [0.25, 0.3) is 6.08 Å². The molecule has 0 spiro atoms. The van der Waals surface area contributed by atoms with Gasteiger partial charge in [-0.1, -0.05) is 55.1 Å². The van der Waals surface area contributed by atoms with E-state index in [9.17, 15) is 19.8 Å². The van der Waals surface area contributed by atoms with Crippen molar-refractivity contribution in [3.05, 3.63) is 65.9 Å². The van der Waals surface area contributed by atoms with Crippen molar-refractivity contribution in [3.8, 4) is 5.75 Å². The molecular weight excluding hydrogens is 364 g/mol. The Hall–Kier alpha value is -3.06. The highest BCUT2D eigenvalue weighted by molar-refractivity contribution is 8.15. The van der Waals surface area contributed by atoms with Gasteiger partial charge in [-0.05, 0) is 30.7 Å². The lowest BCUT2D eigenvalue weighted by Crippen LogP contribution is -2.32. The van der Waals surface area contributed by atoms with Gasteiger partial charge in [0.15, 0.2) is 5.17 Å². The Morgan fingerprint density at radius 2 is 1.85 bits per heavy atom. The second kappa shape index (κ2) is 8.09. The van der Waals surface area contributed by atoms with Crippen molar-refractivity contribution in [2.24, 2.45) is 4.99 Å². The molecule has 27 heavy (non-hydrogen) atoms. The van der Waals surface area contributed by atoms with Crippen LogP contribution in [-0.4, -0.2) is 32.5 Å². The van der Waals surface area contributed by atoms with E-state index >= 15 is 0 Å².